The van der Waals surface area contributed by atoms with Crippen molar-refractivity contribution in [1.29, 1.82) is 5.26 Å². The zero-order valence-electron chi connectivity index (χ0n) is 19.6. The summed E-state index contributed by atoms with van der Waals surface area (Å²) in [5.41, 5.74) is 1.75. The van der Waals surface area contributed by atoms with Crippen molar-refractivity contribution < 1.29 is 27.4 Å². The lowest BCUT2D eigenvalue weighted by atomic mass is 9.96. The van der Waals surface area contributed by atoms with Crippen LogP contribution >= 0.6 is 0 Å². The van der Waals surface area contributed by atoms with Gasteiger partial charge in [-0.1, -0.05) is 18.2 Å². The van der Waals surface area contributed by atoms with Crippen molar-refractivity contribution in [1.82, 2.24) is 9.78 Å². The second kappa shape index (κ2) is 10.2. The fourth-order valence-corrected chi connectivity index (χ4v) is 4.17. The summed E-state index contributed by atoms with van der Waals surface area (Å²) in [7, 11) is 2.93. The molecule has 2 atom stereocenters. The van der Waals surface area contributed by atoms with Gasteiger partial charge in [-0.25, -0.2) is 4.68 Å². The van der Waals surface area contributed by atoms with Crippen LogP contribution in [0, 0.1) is 11.3 Å². The zero-order chi connectivity index (χ0) is 25.9. The molecule has 0 spiro atoms. The molecule has 0 saturated carbocycles. The maximum Gasteiger partial charge on any atom is 0.410 e. The van der Waals surface area contributed by atoms with Crippen LogP contribution in [0.3, 0.4) is 0 Å². The number of nitrogens with zero attached hydrogens (tertiary/aromatic N) is 3. The minimum atomic E-state index is -4.58. The van der Waals surface area contributed by atoms with Crippen LogP contribution in [0.4, 0.5) is 24.7 Å². The van der Waals surface area contributed by atoms with Gasteiger partial charge in [0.2, 0.25) is 0 Å². The molecule has 1 amide bonds. The molecule has 11 heteroatoms. The van der Waals surface area contributed by atoms with E-state index < -0.39 is 24.2 Å². The predicted octanol–water partition coefficient (Wildman–Crippen LogP) is 5.27. The van der Waals surface area contributed by atoms with E-state index in [0.717, 1.165) is 10.2 Å². The van der Waals surface area contributed by atoms with Crippen molar-refractivity contribution in [3.05, 3.63) is 65.4 Å². The molecule has 1 aliphatic rings. The molecule has 3 aromatic rings. The Morgan fingerprint density at radius 3 is 2.67 bits per heavy atom. The Kier molecular flexibility index (Phi) is 7.05. The third kappa shape index (κ3) is 5.22. The number of fused-ring (bicyclic) bond motifs is 1. The lowest BCUT2D eigenvalue weighted by Gasteiger charge is -2.33. The standard InChI is InChI=1S/C25H24F3N5O3/c1-35-20-9-8-16(12-21(20)36-2)18-13-22(25(26,27)28)33-23(31-18)14-19(32-33)24(34)30-17-7-3-5-15(11-17)6-4-10-29/h3,5,7-9,11-12,14,18,22,31H,4,6,13H2,1-2H3,(H,30,34). The van der Waals surface area contributed by atoms with Crippen molar-refractivity contribution in [3.63, 3.8) is 0 Å². The summed E-state index contributed by atoms with van der Waals surface area (Å²) in [4.78, 5) is 12.8. The third-order valence-corrected chi connectivity index (χ3v) is 5.94. The average Bonchev–Trinajstić information content (AvgIpc) is 3.30. The van der Waals surface area contributed by atoms with Gasteiger partial charge in [0.25, 0.3) is 5.91 Å². The molecule has 2 heterocycles. The molecule has 4 rings (SSSR count). The summed E-state index contributed by atoms with van der Waals surface area (Å²) in [6.45, 7) is 0. The van der Waals surface area contributed by atoms with Crippen molar-refractivity contribution >= 4 is 17.4 Å². The largest absolute Gasteiger partial charge is 0.493 e. The van der Waals surface area contributed by atoms with Crippen LogP contribution in [0.15, 0.2) is 48.5 Å². The normalized spacial score (nSPS) is 16.9. The summed E-state index contributed by atoms with van der Waals surface area (Å²) >= 11 is 0. The Morgan fingerprint density at radius 2 is 1.97 bits per heavy atom. The van der Waals surface area contributed by atoms with E-state index in [1.165, 1.54) is 20.3 Å². The topological polar surface area (TPSA) is 101 Å². The molecule has 2 N–H and O–H groups in total. The monoisotopic (exact) mass is 499 g/mol. The number of hydrogen-bond acceptors (Lipinski definition) is 6. The van der Waals surface area contributed by atoms with Crippen LogP contribution in [0.1, 0.15) is 46.5 Å². The second-order valence-electron chi connectivity index (χ2n) is 8.28. The van der Waals surface area contributed by atoms with E-state index in [0.29, 0.717) is 35.6 Å². The number of rotatable bonds is 7. The SMILES string of the molecule is COc1ccc(C2CC(C(F)(F)F)n3nc(C(=O)Nc4cccc(CCC#N)c4)cc3N2)cc1OC. The Balaban J connectivity index is 1.60. The number of anilines is 2. The first-order valence-electron chi connectivity index (χ1n) is 11.2. The van der Waals surface area contributed by atoms with E-state index in [1.54, 1.807) is 36.4 Å². The lowest BCUT2D eigenvalue weighted by Crippen LogP contribution is -2.35. The van der Waals surface area contributed by atoms with Crippen molar-refractivity contribution in [2.24, 2.45) is 0 Å². The molecule has 8 nitrogen and oxygen atoms in total. The van der Waals surface area contributed by atoms with E-state index in [2.05, 4.69) is 21.8 Å². The highest BCUT2D eigenvalue weighted by Crippen LogP contribution is 2.44. The van der Waals surface area contributed by atoms with Crippen LogP contribution in [0.5, 0.6) is 11.5 Å². The minimum absolute atomic E-state index is 0.0799. The number of ether oxygens (including phenoxy) is 2. The fraction of sp³-hybridized carbons (Fsp3) is 0.320. The van der Waals surface area contributed by atoms with Gasteiger partial charge in [0.05, 0.1) is 26.3 Å². The zero-order valence-corrected chi connectivity index (χ0v) is 19.6. The second-order valence-corrected chi connectivity index (χ2v) is 8.28. The van der Waals surface area contributed by atoms with Gasteiger partial charge >= 0.3 is 6.18 Å². The number of nitriles is 1. The number of benzene rings is 2. The smallest absolute Gasteiger partial charge is 0.410 e. The fourth-order valence-electron chi connectivity index (χ4n) is 4.17. The molecular formula is C25H24F3N5O3. The molecule has 0 fully saturated rings. The number of methoxy groups -OCH3 is 2. The predicted molar refractivity (Wildman–Crippen MR) is 126 cm³/mol. The van der Waals surface area contributed by atoms with Crippen molar-refractivity contribution in [2.45, 2.75) is 37.5 Å². The van der Waals surface area contributed by atoms with Gasteiger partial charge in [-0.15, -0.1) is 0 Å². The lowest BCUT2D eigenvalue weighted by molar-refractivity contribution is -0.173. The molecule has 0 saturated heterocycles. The number of aromatic nitrogens is 2. The van der Waals surface area contributed by atoms with E-state index in [9.17, 15) is 18.0 Å². The molecule has 36 heavy (non-hydrogen) atoms. The van der Waals surface area contributed by atoms with Gasteiger partial charge in [-0.3, -0.25) is 4.79 Å². The molecule has 0 bridgehead atoms. The highest BCUT2D eigenvalue weighted by Gasteiger charge is 2.47. The third-order valence-electron chi connectivity index (χ3n) is 5.94. The molecule has 2 unspecified atom stereocenters. The van der Waals surface area contributed by atoms with Gasteiger partial charge < -0.3 is 20.1 Å². The Labute approximate surface area is 205 Å². The van der Waals surface area contributed by atoms with Crippen LogP contribution in [-0.4, -0.2) is 36.1 Å². The molecule has 0 radical (unpaired) electrons. The van der Waals surface area contributed by atoms with E-state index in [1.807, 2.05) is 6.07 Å². The number of hydrogen-bond donors (Lipinski definition) is 2. The maximum absolute atomic E-state index is 14.0. The first kappa shape index (κ1) is 24.9. The van der Waals surface area contributed by atoms with Gasteiger partial charge in [0.15, 0.2) is 23.2 Å². The molecule has 1 aromatic heterocycles. The van der Waals surface area contributed by atoms with Crippen LogP contribution in [0.25, 0.3) is 0 Å². The Morgan fingerprint density at radius 1 is 1.19 bits per heavy atom. The summed E-state index contributed by atoms with van der Waals surface area (Å²) in [5, 5.41) is 18.5. The molecule has 0 aliphatic carbocycles. The summed E-state index contributed by atoms with van der Waals surface area (Å²) < 4.78 is 53.4. The average molecular weight is 499 g/mol. The van der Waals surface area contributed by atoms with Crippen molar-refractivity contribution in [2.75, 3.05) is 24.9 Å². The molecular weight excluding hydrogens is 475 g/mol. The van der Waals surface area contributed by atoms with Gasteiger partial charge in [0.1, 0.15) is 5.82 Å². The number of carbonyl (C=O) groups is 1. The first-order chi connectivity index (χ1) is 17.2. The molecule has 2 aromatic carbocycles. The minimum Gasteiger partial charge on any atom is -0.493 e. The number of aryl methyl sites for hydroxylation is 1. The van der Waals surface area contributed by atoms with E-state index in [-0.39, 0.29) is 17.9 Å². The van der Waals surface area contributed by atoms with Gasteiger partial charge in [0, 0.05) is 24.6 Å². The highest BCUT2D eigenvalue weighted by atomic mass is 19.4. The van der Waals surface area contributed by atoms with E-state index >= 15 is 0 Å². The summed E-state index contributed by atoms with van der Waals surface area (Å²) in [6, 6.07) is 12.6. The maximum atomic E-state index is 14.0. The van der Waals surface area contributed by atoms with Crippen molar-refractivity contribution in [3.8, 4) is 17.6 Å². The quantitative estimate of drug-likeness (QED) is 0.459. The van der Waals surface area contributed by atoms with Crippen LogP contribution < -0.4 is 20.1 Å². The van der Waals surface area contributed by atoms with E-state index in [4.69, 9.17) is 14.7 Å². The molecule has 1 aliphatic heterocycles. The number of amides is 1. The number of carbonyl (C=O) groups excluding carboxylic acids is 1. The Bertz CT molecular complexity index is 1300. The van der Waals surface area contributed by atoms with Crippen LogP contribution in [0.2, 0.25) is 0 Å². The number of alkyl halides is 3. The summed E-state index contributed by atoms with van der Waals surface area (Å²) in [5.74, 6) is 0.303. The van der Waals surface area contributed by atoms with Gasteiger partial charge in [-0.05, 0) is 41.8 Å². The number of halogens is 3. The molecule has 188 valence electrons. The Hall–Kier alpha value is -4.20. The highest BCUT2D eigenvalue weighted by molar-refractivity contribution is 6.03. The van der Waals surface area contributed by atoms with Crippen LogP contribution in [-0.2, 0) is 6.42 Å². The van der Waals surface area contributed by atoms with Gasteiger partial charge in [-0.2, -0.15) is 23.5 Å². The summed E-state index contributed by atoms with van der Waals surface area (Å²) in [6.07, 6.45) is -4.05. The number of nitrogens with one attached hydrogen (secondary N) is 2. The first-order valence-corrected chi connectivity index (χ1v) is 11.2.